The van der Waals surface area contributed by atoms with Gasteiger partial charge < -0.3 is 14.4 Å². The summed E-state index contributed by atoms with van der Waals surface area (Å²) in [7, 11) is 1.41. The second kappa shape index (κ2) is 10.4. The zero-order valence-corrected chi connectivity index (χ0v) is 20.3. The highest BCUT2D eigenvalue weighted by Gasteiger charge is 2.35. The van der Waals surface area contributed by atoms with E-state index in [-0.39, 0.29) is 29.8 Å². The van der Waals surface area contributed by atoms with Crippen molar-refractivity contribution in [3.05, 3.63) is 95.1 Å². The van der Waals surface area contributed by atoms with Gasteiger partial charge in [-0.2, -0.15) is 0 Å². The SMILES string of the molecule is COc1ccc(CN2C(=O)c3ccccc3C2=O)cc1C(=O)OCC(=O)N(c1ccccc1)C(C)C. The van der Waals surface area contributed by atoms with Crippen LogP contribution in [0.4, 0.5) is 5.69 Å². The first-order valence-corrected chi connectivity index (χ1v) is 11.5. The van der Waals surface area contributed by atoms with Gasteiger partial charge in [-0.1, -0.05) is 36.4 Å². The Labute approximate surface area is 209 Å². The number of ether oxygens (including phenoxy) is 2. The van der Waals surface area contributed by atoms with Crippen molar-refractivity contribution in [2.75, 3.05) is 18.6 Å². The van der Waals surface area contributed by atoms with Crippen LogP contribution in [0, 0.1) is 0 Å². The summed E-state index contributed by atoms with van der Waals surface area (Å²) in [6.07, 6.45) is 0. The molecule has 1 aliphatic heterocycles. The van der Waals surface area contributed by atoms with E-state index in [9.17, 15) is 19.2 Å². The maximum absolute atomic E-state index is 12.9. The predicted molar refractivity (Wildman–Crippen MR) is 133 cm³/mol. The van der Waals surface area contributed by atoms with E-state index in [0.717, 1.165) is 4.90 Å². The maximum atomic E-state index is 12.9. The Kier molecular flexibility index (Phi) is 7.15. The molecule has 0 atom stereocenters. The van der Waals surface area contributed by atoms with Crippen molar-refractivity contribution >= 4 is 29.4 Å². The second-order valence-corrected chi connectivity index (χ2v) is 8.55. The minimum Gasteiger partial charge on any atom is -0.496 e. The summed E-state index contributed by atoms with van der Waals surface area (Å²) in [5.41, 5.74) is 2.03. The first-order valence-electron chi connectivity index (χ1n) is 11.5. The molecule has 0 unspecified atom stereocenters. The number of imide groups is 1. The molecule has 1 aliphatic rings. The van der Waals surface area contributed by atoms with Gasteiger partial charge in [-0.25, -0.2) is 4.79 Å². The van der Waals surface area contributed by atoms with Crippen LogP contribution in [-0.4, -0.2) is 48.3 Å². The Morgan fingerprint density at radius 1 is 0.889 bits per heavy atom. The summed E-state index contributed by atoms with van der Waals surface area (Å²) >= 11 is 0. The van der Waals surface area contributed by atoms with Crippen LogP contribution in [0.5, 0.6) is 5.75 Å². The number of anilines is 1. The third kappa shape index (κ3) is 4.84. The quantitative estimate of drug-likeness (QED) is 0.352. The lowest BCUT2D eigenvalue weighted by Crippen LogP contribution is -2.39. The van der Waals surface area contributed by atoms with E-state index in [1.165, 1.54) is 13.2 Å². The number of carbonyl (C=O) groups is 4. The molecule has 1 heterocycles. The number of fused-ring (bicyclic) bond motifs is 1. The number of methoxy groups -OCH3 is 1. The van der Waals surface area contributed by atoms with E-state index >= 15 is 0 Å². The molecule has 0 saturated heterocycles. The number of hydrogen-bond acceptors (Lipinski definition) is 6. The Morgan fingerprint density at radius 3 is 2.08 bits per heavy atom. The number of amides is 3. The van der Waals surface area contributed by atoms with Gasteiger partial charge in [0.2, 0.25) is 0 Å². The molecule has 0 fully saturated rings. The number of nitrogens with zero attached hydrogens (tertiary/aromatic N) is 2. The minimum atomic E-state index is -0.749. The van der Waals surface area contributed by atoms with Crippen molar-refractivity contribution in [3.63, 3.8) is 0 Å². The van der Waals surface area contributed by atoms with Crippen molar-refractivity contribution in [2.24, 2.45) is 0 Å². The van der Waals surface area contributed by atoms with Crippen molar-refractivity contribution in [1.29, 1.82) is 0 Å². The van der Waals surface area contributed by atoms with Gasteiger partial charge >= 0.3 is 5.97 Å². The zero-order chi connectivity index (χ0) is 25.8. The van der Waals surface area contributed by atoms with E-state index in [1.54, 1.807) is 41.3 Å². The van der Waals surface area contributed by atoms with Gasteiger partial charge in [-0.3, -0.25) is 19.3 Å². The van der Waals surface area contributed by atoms with Crippen LogP contribution in [0.3, 0.4) is 0 Å². The molecule has 36 heavy (non-hydrogen) atoms. The third-order valence-electron chi connectivity index (χ3n) is 5.85. The number of carbonyl (C=O) groups excluding carboxylic acids is 4. The topological polar surface area (TPSA) is 93.2 Å². The molecule has 3 aromatic carbocycles. The van der Waals surface area contributed by atoms with Gasteiger partial charge in [0.1, 0.15) is 11.3 Å². The largest absolute Gasteiger partial charge is 0.496 e. The molecule has 3 amide bonds. The summed E-state index contributed by atoms with van der Waals surface area (Å²) in [5.74, 6) is -1.65. The van der Waals surface area contributed by atoms with Crippen molar-refractivity contribution in [2.45, 2.75) is 26.4 Å². The lowest BCUT2D eigenvalue weighted by atomic mass is 10.1. The normalized spacial score (nSPS) is 12.5. The lowest BCUT2D eigenvalue weighted by molar-refractivity contribution is -0.122. The molecule has 4 rings (SSSR count). The molecular weight excluding hydrogens is 460 g/mol. The van der Waals surface area contributed by atoms with Crippen LogP contribution in [0.25, 0.3) is 0 Å². The molecule has 0 radical (unpaired) electrons. The van der Waals surface area contributed by atoms with Crippen LogP contribution in [0.1, 0.15) is 50.5 Å². The van der Waals surface area contributed by atoms with Crippen LogP contribution in [0.2, 0.25) is 0 Å². The maximum Gasteiger partial charge on any atom is 0.342 e. The highest BCUT2D eigenvalue weighted by atomic mass is 16.5. The van der Waals surface area contributed by atoms with Crippen LogP contribution < -0.4 is 9.64 Å². The molecule has 3 aromatic rings. The molecule has 8 heteroatoms. The monoisotopic (exact) mass is 486 g/mol. The van der Waals surface area contributed by atoms with Gasteiger partial charge in [0.25, 0.3) is 17.7 Å². The number of benzene rings is 3. The zero-order valence-electron chi connectivity index (χ0n) is 20.3. The number of rotatable bonds is 8. The fourth-order valence-electron chi connectivity index (χ4n) is 4.17. The van der Waals surface area contributed by atoms with E-state index in [0.29, 0.717) is 22.4 Å². The number of esters is 1. The predicted octanol–water partition coefficient (Wildman–Crippen LogP) is 4.09. The summed E-state index contributed by atoms with van der Waals surface area (Å²) in [5, 5.41) is 0. The van der Waals surface area contributed by atoms with Crippen molar-refractivity contribution in [3.8, 4) is 5.75 Å². The Morgan fingerprint density at radius 2 is 1.50 bits per heavy atom. The van der Waals surface area contributed by atoms with Crippen LogP contribution in [-0.2, 0) is 16.1 Å². The van der Waals surface area contributed by atoms with Gasteiger partial charge in [0.05, 0.1) is 24.8 Å². The minimum absolute atomic E-state index is 0.0231. The average molecular weight is 487 g/mol. The van der Waals surface area contributed by atoms with Crippen LogP contribution in [0.15, 0.2) is 72.8 Å². The number of hydrogen-bond donors (Lipinski definition) is 0. The molecule has 0 bridgehead atoms. The Hall–Kier alpha value is -4.46. The van der Waals surface area contributed by atoms with Crippen LogP contribution >= 0.6 is 0 Å². The van der Waals surface area contributed by atoms with E-state index in [1.807, 2.05) is 44.2 Å². The molecule has 0 aliphatic carbocycles. The Bertz CT molecular complexity index is 1280. The Balaban J connectivity index is 1.49. The fourth-order valence-corrected chi connectivity index (χ4v) is 4.17. The number of para-hydroxylation sites is 1. The smallest absolute Gasteiger partial charge is 0.342 e. The summed E-state index contributed by atoms with van der Waals surface area (Å²) in [6, 6.07) is 20.4. The highest BCUT2D eigenvalue weighted by Crippen LogP contribution is 2.27. The highest BCUT2D eigenvalue weighted by molar-refractivity contribution is 6.21. The van der Waals surface area contributed by atoms with Crippen molar-refractivity contribution < 1.29 is 28.7 Å². The van der Waals surface area contributed by atoms with E-state index in [4.69, 9.17) is 9.47 Å². The molecule has 0 saturated carbocycles. The molecule has 8 nitrogen and oxygen atoms in total. The molecular formula is C28H26N2O6. The molecule has 0 aromatic heterocycles. The van der Waals surface area contributed by atoms with Gasteiger partial charge in [0, 0.05) is 11.7 Å². The molecule has 0 spiro atoms. The van der Waals surface area contributed by atoms with Crippen molar-refractivity contribution in [1.82, 2.24) is 4.90 Å². The first kappa shape index (κ1) is 24.7. The average Bonchev–Trinajstić information content (AvgIpc) is 3.12. The van der Waals surface area contributed by atoms with E-state index in [2.05, 4.69) is 0 Å². The summed E-state index contributed by atoms with van der Waals surface area (Å²) in [6.45, 7) is 3.26. The van der Waals surface area contributed by atoms with Gasteiger partial charge in [-0.15, -0.1) is 0 Å². The standard InChI is InChI=1S/C28H26N2O6/c1-18(2)30(20-9-5-4-6-10-20)25(31)17-36-28(34)23-15-19(13-14-24(23)35-3)16-29-26(32)21-11-7-8-12-22(21)27(29)33/h4-15,18H,16-17H2,1-3H3. The summed E-state index contributed by atoms with van der Waals surface area (Å²) in [4.78, 5) is 53.9. The second-order valence-electron chi connectivity index (χ2n) is 8.55. The first-order chi connectivity index (χ1) is 17.3. The van der Waals surface area contributed by atoms with E-state index < -0.39 is 24.4 Å². The molecule has 184 valence electrons. The van der Waals surface area contributed by atoms with Gasteiger partial charge in [-0.05, 0) is 55.8 Å². The lowest BCUT2D eigenvalue weighted by Gasteiger charge is -2.26. The molecule has 0 N–H and O–H groups in total. The fraction of sp³-hybridized carbons (Fsp3) is 0.214. The van der Waals surface area contributed by atoms with Gasteiger partial charge in [0.15, 0.2) is 6.61 Å². The third-order valence-corrected chi connectivity index (χ3v) is 5.85. The summed E-state index contributed by atoms with van der Waals surface area (Å²) < 4.78 is 10.6.